The van der Waals surface area contributed by atoms with Crippen molar-refractivity contribution in [2.75, 3.05) is 0 Å². The van der Waals surface area contributed by atoms with Crippen LogP contribution in [0.1, 0.15) is 58.4 Å². The number of hydrogen-bond acceptors (Lipinski definition) is 4. The SMILES string of the molecule is CC(C)(C)[S@@+]([O-])N=C(c1ccc(F)c(F)c1)c1ccc(CO[Si](C)(C)C(C)(C)C)cn1. The molecule has 2 aromatic rings. The number of benzene rings is 1. The van der Waals surface area contributed by atoms with E-state index in [0.29, 0.717) is 17.9 Å². The Morgan fingerprint density at radius 2 is 1.71 bits per heavy atom. The van der Waals surface area contributed by atoms with Gasteiger partial charge in [-0.15, -0.1) is 0 Å². The van der Waals surface area contributed by atoms with Crippen LogP contribution in [-0.4, -0.2) is 28.3 Å². The van der Waals surface area contributed by atoms with E-state index in [1.54, 1.807) is 33.0 Å². The lowest BCUT2D eigenvalue weighted by Crippen LogP contribution is -2.40. The Hall–Kier alpha value is -1.61. The highest BCUT2D eigenvalue weighted by Gasteiger charge is 2.37. The molecule has 1 atom stereocenters. The largest absolute Gasteiger partial charge is 0.591 e. The van der Waals surface area contributed by atoms with E-state index < -0.39 is 36.1 Å². The van der Waals surface area contributed by atoms with Gasteiger partial charge >= 0.3 is 0 Å². The molecule has 0 N–H and O–H groups in total. The molecule has 2 rings (SSSR count). The zero-order valence-electron chi connectivity index (χ0n) is 19.5. The third kappa shape index (κ3) is 6.68. The van der Waals surface area contributed by atoms with Crippen molar-refractivity contribution in [3.8, 4) is 0 Å². The van der Waals surface area contributed by atoms with E-state index in [1.807, 2.05) is 6.07 Å². The van der Waals surface area contributed by atoms with E-state index in [-0.39, 0.29) is 10.7 Å². The number of hydrogen-bond donors (Lipinski definition) is 0. The Labute approximate surface area is 188 Å². The second kappa shape index (κ2) is 9.48. The van der Waals surface area contributed by atoms with E-state index in [0.717, 1.165) is 17.7 Å². The molecule has 4 nitrogen and oxygen atoms in total. The van der Waals surface area contributed by atoms with Gasteiger partial charge in [0.25, 0.3) is 0 Å². The molecule has 1 aromatic heterocycles. The Balaban J connectivity index is 2.37. The van der Waals surface area contributed by atoms with Crippen molar-refractivity contribution >= 4 is 25.4 Å². The van der Waals surface area contributed by atoms with E-state index >= 15 is 0 Å². The summed E-state index contributed by atoms with van der Waals surface area (Å²) in [6.07, 6.45) is 1.68. The van der Waals surface area contributed by atoms with Crippen LogP contribution in [0.15, 0.2) is 40.9 Å². The van der Waals surface area contributed by atoms with Gasteiger partial charge in [-0.25, -0.2) is 8.78 Å². The molecule has 31 heavy (non-hydrogen) atoms. The molecule has 0 amide bonds. The summed E-state index contributed by atoms with van der Waals surface area (Å²) < 4.78 is 49.9. The molecule has 0 spiro atoms. The lowest BCUT2D eigenvalue weighted by atomic mass is 10.1. The molecule has 0 radical (unpaired) electrons. The monoisotopic (exact) mass is 466 g/mol. The van der Waals surface area contributed by atoms with Crippen molar-refractivity contribution in [1.29, 1.82) is 0 Å². The summed E-state index contributed by atoms with van der Waals surface area (Å²) >= 11 is -1.60. The third-order valence-corrected chi connectivity index (χ3v) is 11.2. The number of halogens is 2. The summed E-state index contributed by atoms with van der Waals surface area (Å²) in [7, 11) is -1.90. The molecule has 8 heteroatoms. The average molecular weight is 467 g/mol. The standard InChI is InChI=1S/C23H32F2N2O2SSi/c1-22(2,3)30(28)27-21(17-10-11-18(24)19(25)13-17)20-12-9-16(14-26-20)15-29-31(7,8)23(4,5)6/h9-14H,15H2,1-8H3/t30-/m1/s1. The van der Waals surface area contributed by atoms with Crippen LogP contribution in [0.5, 0.6) is 0 Å². The summed E-state index contributed by atoms with van der Waals surface area (Å²) in [5, 5.41) is 0.101. The van der Waals surface area contributed by atoms with Crippen LogP contribution in [0.2, 0.25) is 18.1 Å². The summed E-state index contributed by atoms with van der Waals surface area (Å²) in [5.74, 6) is -1.95. The first-order valence-corrected chi connectivity index (χ1v) is 14.2. The summed E-state index contributed by atoms with van der Waals surface area (Å²) in [6.45, 7) is 16.7. The van der Waals surface area contributed by atoms with Crippen molar-refractivity contribution in [2.24, 2.45) is 4.40 Å². The van der Waals surface area contributed by atoms with Crippen LogP contribution < -0.4 is 0 Å². The first-order chi connectivity index (χ1) is 14.1. The van der Waals surface area contributed by atoms with Gasteiger partial charge in [0.2, 0.25) is 0 Å². The number of rotatable bonds is 6. The first kappa shape index (κ1) is 25.6. The van der Waals surface area contributed by atoms with E-state index in [2.05, 4.69) is 43.2 Å². The highest BCUT2D eigenvalue weighted by atomic mass is 32.2. The molecule has 1 aromatic carbocycles. The second-order valence-corrected chi connectivity index (χ2v) is 16.7. The van der Waals surface area contributed by atoms with Crippen molar-refractivity contribution in [1.82, 2.24) is 4.98 Å². The normalized spacial score (nSPS) is 14.6. The molecule has 0 saturated carbocycles. The summed E-state index contributed by atoms with van der Waals surface area (Å²) in [6, 6.07) is 7.09. The quantitative estimate of drug-likeness (QED) is 0.290. The number of pyridine rings is 1. The Bertz CT molecular complexity index is 936. The van der Waals surface area contributed by atoms with Gasteiger partial charge in [0.05, 0.1) is 12.3 Å². The zero-order valence-corrected chi connectivity index (χ0v) is 21.4. The van der Waals surface area contributed by atoms with Gasteiger partial charge in [0, 0.05) is 11.8 Å². The van der Waals surface area contributed by atoms with Crippen molar-refractivity contribution in [2.45, 2.75) is 71.0 Å². The van der Waals surface area contributed by atoms with Crippen LogP contribution >= 0.6 is 0 Å². The molecular weight excluding hydrogens is 434 g/mol. The molecule has 0 aliphatic carbocycles. The lowest BCUT2D eigenvalue weighted by Gasteiger charge is -2.36. The Morgan fingerprint density at radius 3 is 2.19 bits per heavy atom. The smallest absolute Gasteiger partial charge is 0.192 e. The minimum Gasteiger partial charge on any atom is -0.591 e. The van der Waals surface area contributed by atoms with Crippen LogP contribution in [-0.2, 0) is 22.4 Å². The van der Waals surface area contributed by atoms with Crippen molar-refractivity contribution in [3.63, 3.8) is 0 Å². The van der Waals surface area contributed by atoms with Gasteiger partial charge in [0.15, 0.2) is 20.0 Å². The van der Waals surface area contributed by atoms with Crippen LogP contribution in [0.4, 0.5) is 8.78 Å². The number of aromatic nitrogens is 1. The zero-order chi connectivity index (χ0) is 23.6. The second-order valence-electron chi connectivity index (χ2n) is 10.0. The van der Waals surface area contributed by atoms with Gasteiger partial charge in [0.1, 0.15) is 21.8 Å². The fourth-order valence-corrected chi connectivity index (χ4v) is 3.84. The minimum absolute atomic E-state index is 0.101. The maximum atomic E-state index is 13.9. The molecule has 0 aliphatic rings. The maximum Gasteiger partial charge on any atom is 0.192 e. The van der Waals surface area contributed by atoms with Gasteiger partial charge in [-0.3, -0.25) is 4.98 Å². The van der Waals surface area contributed by atoms with Gasteiger partial charge in [-0.2, -0.15) is 0 Å². The lowest BCUT2D eigenvalue weighted by molar-refractivity contribution is 0.276. The molecule has 1 heterocycles. The maximum absolute atomic E-state index is 13.9. The third-order valence-electron chi connectivity index (χ3n) is 5.36. The molecule has 0 aliphatic heterocycles. The van der Waals surface area contributed by atoms with Crippen LogP contribution in [0.3, 0.4) is 0 Å². The highest BCUT2D eigenvalue weighted by molar-refractivity contribution is 7.91. The predicted molar refractivity (Wildman–Crippen MR) is 126 cm³/mol. The van der Waals surface area contributed by atoms with Crippen molar-refractivity contribution < 1.29 is 17.8 Å². The Morgan fingerprint density at radius 1 is 1.06 bits per heavy atom. The Kier molecular flexibility index (Phi) is 7.84. The minimum atomic E-state index is -1.90. The van der Waals surface area contributed by atoms with Crippen molar-refractivity contribution in [3.05, 3.63) is 65.0 Å². The fourth-order valence-electron chi connectivity index (χ4n) is 2.24. The predicted octanol–water partition coefficient (Wildman–Crippen LogP) is 6.18. The first-order valence-electron chi connectivity index (χ1n) is 10.2. The summed E-state index contributed by atoms with van der Waals surface area (Å²) in [5.41, 5.74) is 1.90. The van der Waals surface area contributed by atoms with Gasteiger partial charge in [-0.05, 0) is 68.7 Å². The highest BCUT2D eigenvalue weighted by Crippen LogP contribution is 2.37. The molecule has 170 valence electrons. The topological polar surface area (TPSA) is 57.5 Å². The van der Waals surface area contributed by atoms with Crippen LogP contribution in [0, 0.1) is 11.6 Å². The molecule has 0 saturated heterocycles. The average Bonchev–Trinajstić information content (AvgIpc) is 2.65. The molecule has 0 unspecified atom stereocenters. The van der Waals surface area contributed by atoms with Gasteiger partial charge in [-0.1, -0.05) is 31.2 Å². The van der Waals surface area contributed by atoms with Gasteiger partial charge < -0.3 is 8.98 Å². The molecular formula is C23H32F2N2O2SSi. The van der Waals surface area contributed by atoms with E-state index in [4.69, 9.17) is 4.43 Å². The van der Waals surface area contributed by atoms with E-state index in [9.17, 15) is 13.3 Å². The molecule has 0 bridgehead atoms. The van der Waals surface area contributed by atoms with E-state index in [1.165, 1.54) is 6.07 Å². The fraction of sp³-hybridized carbons (Fsp3) is 0.478. The molecule has 0 fully saturated rings. The van der Waals surface area contributed by atoms with Crippen LogP contribution in [0.25, 0.3) is 0 Å². The summed E-state index contributed by atoms with van der Waals surface area (Å²) in [4.78, 5) is 4.46. The number of nitrogens with zero attached hydrogens (tertiary/aromatic N) is 2.